The molecule has 0 aromatic carbocycles. The van der Waals surface area contributed by atoms with Gasteiger partial charge in [0.05, 0.1) is 0 Å². The van der Waals surface area contributed by atoms with Crippen LogP contribution in [0.1, 0.15) is 44.1 Å². The smallest absolute Gasteiger partial charge is 0.225 e. The van der Waals surface area contributed by atoms with Crippen LogP contribution in [-0.2, 0) is 4.79 Å². The molecule has 0 radical (unpaired) electrons. The number of carbonyl (C=O) groups excluding carboxylic acids is 1. The number of piperazine rings is 1. The fraction of sp³-hybridized carbons (Fsp3) is 0.714. The molecular formula is C21H35N5OS. The molecule has 0 bridgehead atoms. The van der Waals surface area contributed by atoms with Crippen molar-refractivity contribution >= 4 is 23.2 Å². The van der Waals surface area contributed by atoms with E-state index in [-0.39, 0.29) is 0 Å². The number of aliphatic imine (C=N–C) groups is 1. The number of nitrogens with zero attached hydrogens (tertiary/aromatic N) is 3. The highest BCUT2D eigenvalue weighted by Crippen LogP contribution is 2.26. The fourth-order valence-corrected chi connectivity index (χ4v) is 4.88. The Balaban J connectivity index is 1.30. The molecular weight excluding hydrogens is 370 g/mol. The Hall–Kier alpha value is -1.60. The molecule has 28 heavy (non-hydrogen) atoms. The quantitative estimate of drug-likeness (QED) is 0.540. The lowest BCUT2D eigenvalue weighted by Gasteiger charge is -2.36. The molecule has 2 aliphatic rings. The van der Waals surface area contributed by atoms with Gasteiger partial charge in [0.15, 0.2) is 5.96 Å². The van der Waals surface area contributed by atoms with Gasteiger partial charge in [-0.15, -0.1) is 0 Å². The van der Waals surface area contributed by atoms with Crippen LogP contribution in [0.25, 0.3) is 0 Å². The van der Waals surface area contributed by atoms with E-state index in [1.807, 2.05) is 7.05 Å². The molecule has 1 unspecified atom stereocenters. The van der Waals surface area contributed by atoms with Gasteiger partial charge >= 0.3 is 0 Å². The van der Waals surface area contributed by atoms with Crippen molar-refractivity contribution in [3.05, 3.63) is 22.4 Å². The summed E-state index contributed by atoms with van der Waals surface area (Å²) in [6.45, 7) is 8.64. The van der Waals surface area contributed by atoms with E-state index >= 15 is 0 Å². The number of carbonyl (C=O) groups is 1. The van der Waals surface area contributed by atoms with E-state index in [9.17, 15) is 4.79 Å². The molecule has 2 N–H and O–H groups in total. The molecule has 1 amide bonds. The Bertz CT molecular complexity index is 619. The summed E-state index contributed by atoms with van der Waals surface area (Å²) in [5.41, 5.74) is 1.37. The first-order valence-electron chi connectivity index (χ1n) is 10.6. The third-order valence-corrected chi connectivity index (χ3v) is 6.72. The van der Waals surface area contributed by atoms with Crippen molar-refractivity contribution in [1.29, 1.82) is 0 Å². The van der Waals surface area contributed by atoms with Gasteiger partial charge in [-0.1, -0.05) is 19.8 Å². The minimum absolute atomic E-state index is 0.305. The maximum atomic E-state index is 12.5. The molecule has 1 saturated heterocycles. The molecule has 1 saturated carbocycles. The normalized spacial score (nSPS) is 20.4. The molecule has 2 fully saturated rings. The molecule has 3 rings (SSSR count). The topological polar surface area (TPSA) is 60.0 Å². The van der Waals surface area contributed by atoms with Crippen LogP contribution in [0.2, 0.25) is 0 Å². The summed E-state index contributed by atoms with van der Waals surface area (Å²) in [4.78, 5) is 21.4. The van der Waals surface area contributed by atoms with Crippen LogP contribution < -0.4 is 10.6 Å². The zero-order valence-corrected chi connectivity index (χ0v) is 18.1. The monoisotopic (exact) mass is 405 g/mol. The maximum absolute atomic E-state index is 12.5. The van der Waals surface area contributed by atoms with Crippen LogP contribution in [0.15, 0.2) is 21.8 Å². The van der Waals surface area contributed by atoms with E-state index in [0.29, 0.717) is 17.7 Å². The van der Waals surface area contributed by atoms with Gasteiger partial charge in [-0.2, -0.15) is 11.3 Å². The number of thiophene rings is 1. The van der Waals surface area contributed by atoms with Crippen molar-refractivity contribution < 1.29 is 4.79 Å². The third-order valence-electron chi connectivity index (χ3n) is 6.02. The molecule has 156 valence electrons. The molecule has 1 atom stereocenters. The van der Waals surface area contributed by atoms with E-state index in [4.69, 9.17) is 0 Å². The summed E-state index contributed by atoms with van der Waals surface area (Å²) < 4.78 is 0. The van der Waals surface area contributed by atoms with Gasteiger partial charge in [0.2, 0.25) is 5.91 Å². The molecule has 2 heterocycles. The third kappa shape index (κ3) is 5.95. The predicted octanol–water partition coefficient (Wildman–Crippen LogP) is 2.35. The summed E-state index contributed by atoms with van der Waals surface area (Å²) in [6.07, 6.45) is 4.65. The number of rotatable bonds is 7. The van der Waals surface area contributed by atoms with Crippen molar-refractivity contribution in [2.75, 3.05) is 52.9 Å². The van der Waals surface area contributed by atoms with E-state index in [1.165, 1.54) is 18.4 Å². The lowest BCUT2D eigenvalue weighted by Crippen LogP contribution is -2.52. The molecule has 1 aromatic heterocycles. The average Bonchev–Trinajstić information content (AvgIpc) is 3.44. The van der Waals surface area contributed by atoms with E-state index in [2.05, 4.69) is 49.2 Å². The molecule has 6 nitrogen and oxygen atoms in total. The lowest BCUT2D eigenvalue weighted by atomic mass is 10.1. The Kier molecular flexibility index (Phi) is 8.15. The number of hydrogen-bond acceptors (Lipinski definition) is 4. The van der Waals surface area contributed by atoms with Crippen molar-refractivity contribution in [3.63, 3.8) is 0 Å². The highest BCUT2D eigenvalue weighted by atomic mass is 32.1. The number of hydrogen-bond donors (Lipinski definition) is 2. The summed E-state index contributed by atoms with van der Waals surface area (Å²) in [5.74, 6) is 2.03. The second kappa shape index (κ2) is 10.8. The molecule has 1 aliphatic carbocycles. The lowest BCUT2D eigenvalue weighted by molar-refractivity contribution is -0.137. The van der Waals surface area contributed by atoms with Gasteiger partial charge in [-0.05, 0) is 41.1 Å². The van der Waals surface area contributed by atoms with Crippen molar-refractivity contribution in [1.82, 2.24) is 20.4 Å². The molecule has 0 spiro atoms. The van der Waals surface area contributed by atoms with Crippen LogP contribution in [-0.4, -0.2) is 74.5 Å². The number of nitrogens with one attached hydrogen (secondary N) is 2. The zero-order valence-electron chi connectivity index (χ0n) is 17.3. The van der Waals surface area contributed by atoms with E-state index in [0.717, 1.165) is 64.6 Å². The highest BCUT2D eigenvalue weighted by Gasteiger charge is 2.29. The predicted molar refractivity (Wildman–Crippen MR) is 117 cm³/mol. The first-order valence-corrected chi connectivity index (χ1v) is 11.6. The van der Waals surface area contributed by atoms with Crippen LogP contribution in [0.5, 0.6) is 0 Å². The van der Waals surface area contributed by atoms with Gasteiger partial charge in [0.25, 0.3) is 0 Å². The molecule has 1 aromatic rings. The molecule has 7 heteroatoms. The second-order valence-corrected chi connectivity index (χ2v) is 8.77. The fourth-order valence-electron chi connectivity index (χ4n) is 4.10. The van der Waals surface area contributed by atoms with Crippen LogP contribution in [0, 0.1) is 5.92 Å². The maximum Gasteiger partial charge on any atom is 0.225 e. The standard InChI is InChI=1S/C21H35N5OS/c1-17(19-7-14-28-16-19)15-24-21(22-2)23-8-9-25-10-12-26(13-11-25)20(27)18-5-3-4-6-18/h7,14,16-18H,3-6,8-13,15H2,1-2H3,(H2,22,23,24). The largest absolute Gasteiger partial charge is 0.356 e. The Morgan fingerprint density at radius 1 is 1.25 bits per heavy atom. The molecule has 1 aliphatic heterocycles. The summed E-state index contributed by atoms with van der Waals surface area (Å²) in [5, 5.41) is 11.2. The first kappa shape index (κ1) is 21.1. The second-order valence-electron chi connectivity index (χ2n) is 7.99. The van der Waals surface area contributed by atoms with Crippen LogP contribution >= 0.6 is 11.3 Å². The van der Waals surface area contributed by atoms with Crippen molar-refractivity contribution in [2.45, 2.75) is 38.5 Å². The van der Waals surface area contributed by atoms with Crippen molar-refractivity contribution in [3.8, 4) is 0 Å². The van der Waals surface area contributed by atoms with Crippen LogP contribution in [0.4, 0.5) is 0 Å². The minimum atomic E-state index is 0.305. The first-order chi connectivity index (χ1) is 13.7. The van der Waals surface area contributed by atoms with Crippen LogP contribution in [0.3, 0.4) is 0 Å². The van der Waals surface area contributed by atoms with Gasteiger partial charge in [-0.25, -0.2) is 0 Å². The van der Waals surface area contributed by atoms with Gasteiger partial charge < -0.3 is 15.5 Å². The van der Waals surface area contributed by atoms with E-state index in [1.54, 1.807) is 11.3 Å². The average molecular weight is 406 g/mol. The number of guanidine groups is 1. The summed E-state index contributed by atoms with van der Waals surface area (Å²) in [6, 6.07) is 2.18. The Labute approximate surface area is 173 Å². The summed E-state index contributed by atoms with van der Waals surface area (Å²) in [7, 11) is 1.82. The van der Waals surface area contributed by atoms with Crippen molar-refractivity contribution in [2.24, 2.45) is 10.9 Å². The van der Waals surface area contributed by atoms with Gasteiger partial charge in [0.1, 0.15) is 0 Å². The summed E-state index contributed by atoms with van der Waals surface area (Å²) >= 11 is 1.74. The van der Waals surface area contributed by atoms with E-state index < -0.39 is 0 Å². The Morgan fingerprint density at radius 2 is 2.00 bits per heavy atom. The number of amides is 1. The minimum Gasteiger partial charge on any atom is -0.356 e. The SMILES string of the molecule is CN=C(NCCN1CCN(C(=O)C2CCCC2)CC1)NCC(C)c1ccsc1. The van der Waals surface area contributed by atoms with Gasteiger partial charge in [-0.3, -0.25) is 14.7 Å². The Morgan fingerprint density at radius 3 is 2.64 bits per heavy atom. The van der Waals surface area contributed by atoms with Gasteiger partial charge in [0, 0.05) is 58.8 Å². The zero-order chi connectivity index (χ0) is 19.8. The highest BCUT2D eigenvalue weighted by molar-refractivity contribution is 7.07.